The molecule has 0 aromatic heterocycles. The Labute approximate surface area is 182 Å². The Kier molecular flexibility index (Phi) is 7.20. The lowest BCUT2D eigenvalue weighted by molar-refractivity contribution is -0.277. The Hall–Kier alpha value is -1.91. The molecule has 2 aromatic carbocycles. The van der Waals surface area contributed by atoms with Gasteiger partial charge in [-0.15, -0.1) is 0 Å². The van der Waals surface area contributed by atoms with Crippen molar-refractivity contribution in [3.8, 4) is 16.9 Å². The maximum Gasteiger partial charge on any atom is 0.337 e. The molecule has 1 saturated heterocycles. The van der Waals surface area contributed by atoms with E-state index in [2.05, 4.69) is 4.74 Å². The van der Waals surface area contributed by atoms with Gasteiger partial charge in [0, 0.05) is 0 Å². The van der Waals surface area contributed by atoms with Crippen molar-refractivity contribution in [2.45, 2.75) is 30.7 Å². The highest BCUT2D eigenvalue weighted by atomic mass is 35.5. The van der Waals surface area contributed by atoms with Gasteiger partial charge in [-0.05, 0) is 35.4 Å². The van der Waals surface area contributed by atoms with Crippen molar-refractivity contribution in [3.63, 3.8) is 0 Å². The lowest BCUT2D eigenvalue weighted by Crippen LogP contribution is -2.60. The van der Waals surface area contributed by atoms with E-state index in [1.165, 1.54) is 7.11 Å². The van der Waals surface area contributed by atoms with E-state index in [0.717, 1.165) is 5.56 Å². The molecule has 1 aliphatic rings. The first-order valence-electron chi connectivity index (χ1n) is 8.91. The van der Waals surface area contributed by atoms with Gasteiger partial charge in [0.15, 0.2) is 5.75 Å². The molecule has 1 aliphatic heterocycles. The second kappa shape index (κ2) is 9.49. The maximum absolute atomic E-state index is 11.6. The topological polar surface area (TPSA) is 126 Å². The Balaban J connectivity index is 1.84. The first kappa shape index (κ1) is 22.8. The first-order chi connectivity index (χ1) is 14.3. The second-order valence-corrected chi connectivity index (χ2v) is 7.47. The van der Waals surface area contributed by atoms with Crippen molar-refractivity contribution < 1.29 is 39.4 Å². The van der Waals surface area contributed by atoms with E-state index in [1.807, 2.05) is 0 Å². The molecule has 1 fully saturated rings. The van der Waals surface area contributed by atoms with Crippen LogP contribution >= 0.6 is 23.2 Å². The van der Waals surface area contributed by atoms with Crippen LogP contribution in [0, 0.1) is 0 Å². The molecule has 162 valence electrons. The van der Waals surface area contributed by atoms with Gasteiger partial charge in [-0.25, -0.2) is 4.79 Å². The second-order valence-electron chi connectivity index (χ2n) is 6.65. The third-order valence-corrected chi connectivity index (χ3v) is 5.28. The normalized spacial score (nSPS) is 26.3. The fraction of sp³-hybridized carbons (Fsp3) is 0.350. The van der Waals surface area contributed by atoms with Crippen LogP contribution in [0.1, 0.15) is 10.4 Å². The van der Waals surface area contributed by atoms with Crippen LogP contribution < -0.4 is 4.74 Å². The number of carbonyl (C=O) groups excluding carboxylic acids is 1. The number of aliphatic hydroxyl groups is 4. The molecule has 4 N–H and O–H groups in total. The summed E-state index contributed by atoms with van der Waals surface area (Å²) in [6.45, 7) is -0.590. The van der Waals surface area contributed by atoms with Gasteiger partial charge >= 0.3 is 5.97 Å². The molecular formula is C20H20Cl2O8. The van der Waals surface area contributed by atoms with E-state index in [0.29, 0.717) is 11.1 Å². The van der Waals surface area contributed by atoms with Crippen LogP contribution in [0.3, 0.4) is 0 Å². The zero-order chi connectivity index (χ0) is 22.0. The molecule has 2 aromatic rings. The minimum Gasteiger partial charge on any atom is -0.465 e. The highest BCUT2D eigenvalue weighted by Gasteiger charge is 2.45. The van der Waals surface area contributed by atoms with E-state index in [4.69, 9.17) is 32.7 Å². The maximum atomic E-state index is 11.6. The number of benzene rings is 2. The van der Waals surface area contributed by atoms with Crippen molar-refractivity contribution in [1.29, 1.82) is 0 Å². The molecule has 0 spiro atoms. The van der Waals surface area contributed by atoms with Gasteiger partial charge in [0.25, 0.3) is 0 Å². The van der Waals surface area contributed by atoms with Gasteiger partial charge in [-0.2, -0.15) is 0 Å². The van der Waals surface area contributed by atoms with Crippen molar-refractivity contribution in [2.75, 3.05) is 13.7 Å². The summed E-state index contributed by atoms with van der Waals surface area (Å²) in [5, 5.41) is 39.3. The summed E-state index contributed by atoms with van der Waals surface area (Å²) < 4.78 is 15.5. The van der Waals surface area contributed by atoms with Crippen molar-refractivity contribution in [1.82, 2.24) is 0 Å². The molecule has 3 rings (SSSR count). The zero-order valence-electron chi connectivity index (χ0n) is 15.7. The summed E-state index contributed by atoms with van der Waals surface area (Å²) in [5.41, 5.74) is 1.76. The molecule has 0 radical (unpaired) electrons. The van der Waals surface area contributed by atoms with E-state index in [1.54, 1.807) is 36.4 Å². The highest BCUT2D eigenvalue weighted by Crippen LogP contribution is 2.39. The molecular weight excluding hydrogens is 439 g/mol. The summed E-state index contributed by atoms with van der Waals surface area (Å²) >= 11 is 12.6. The van der Waals surface area contributed by atoms with Crippen molar-refractivity contribution >= 4 is 29.2 Å². The Morgan fingerprint density at radius 1 is 1.00 bits per heavy atom. The van der Waals surface area contributed by atoms with Crippen LogP contribution in [-0.4, -0.2) is 70.8 Å². The van der Waals surface area contributed by atoms with Crippen molar-refractivity contribution in [3.05, 3.63) is 52.0 Å². The van der Waals surface area contributed by atoms with Gasteiger partial charge in [-0.1, -0.05) is 35.3 Å². The van der Waals surface area contributed by atoms with Crippen LogP contribution in [0.25, 0.3) is 11.1 Å². The van der Waals surface area contributed by atoms with Crippen LogP contribution in [0.2, 0.25) is 10.0 Å². The quantitative estimate of drug-likeness (QED) is 0.498. The number of esters is 1. The average Bonchev–Trinajstić information content (AvgIpc) is 2.75. The smallest absolute Gasteiger partial charge is 0.337 e. The van der Waals surface area contributed by atoms with E-state index < -0.39 is 43.3 Å². The van der Waals surface area contributed by atoms with Gasteiger partial charge in [-0.3, -0.25) is 0 Å². The minimum atomic E-state index is -1.60. The fourth-order valence-corrected chi connectivity index (χ4v) is 3.61. The lowest BCUT2D eigenvalue weighted by Gasteiger charge is -2.39. The minimum absolute atomic E-state index is 0.00223. The summed E-state index contributed by atoms with van der Waals surface area (Å²) in [7, 11) is 1.30. The molecule has 10 heteroatoms. The molecule has 0 bridgehead atoms. The Bertz CT molecular complexity index is 879. The molecule has 8 nitrogen and oxygen atoms in total. The van der Waals surface area contributed by atoms with Gasteiger partial charge in [0.05, 0.1) is 29.3 Å². The van der Waals surface area contributed by atoms with Gasteiger partial charge in [0.2, 0.25) is 6.29 Å². The van der Waals surface area contributed by atoms with Crippen LogP contribution in [0.5, 0.6) is 5.75 Å². The first-order valence-corrected chi connectivity index (χ1v) is 9.67. The monoisotopic (exact) mass is 458 g/mol. The van der Waals surface area contributed by atoms with Crippen LogP contribution in [0.15, 0.2) is 36.4 Å². The molecule has 1 heterocycles. The summed E-state index contributed by atoms with van der Waals surface area (Å²) in [4.78, 5) is 11.6. The Morgan fingerprint density at radius 3 is 2.13 bits per heavy atom. The molecule has 0 aliphatic carbocycles. The summed E-state index contributed by atoms with van der Waals surface area (Å²) in [5.74, 6) is -0.460. The fourth-order valence-electron chi connectivity index (χ4n) is 3.04. The van der Waals surface area contributed by atoms with Gasteiger partial charge in [0.1, 0.15) is 24.4 Å². The van der Waals surface area contributed by atoms with E-state index >= 15 is 0 Å². The highest BCUT2D eigenvalue weighted by molar-refractivity contribution is 6.37. The SMILES string of the molecule is COC(=O)c1ccc(-c2cc(Cl)c(O[C@H]3O[C@H](CO)[C@@H](O)[C@H](O)[C@@H]3O)c(Cl)c2)cc1. The van der Waals surface area contributed by atoms with E-state index in [-0.39, 0.29) is 15.8 Å². The number of hydrogen-bond acceptors (Lipinski definition) is 8. The Morgan fingerprint density at radius 2 is 1.60 bits per heavy atom. The lowest BCUT2D eigenvalue weighted by atomic mass is 9.99. The third-order valence-electron chi connectivity index (χ3n) is 4.72. The molecule has 0 unspecified atom stereocenters. The third kappa shape index (κ3) is 4.55. The number of carbonyl (C=O) groups is 1. The van der Waals surface area contributed by atoms with E-state index in [9.17, 15) is 25.2 Å². The predicted octanol–water partition coefficient (Wildman–Crippen LogP) is 1.63. The van der Waals surface area contributed by atoms with Crippen LogP contribution in [0.4, 0.5) is 0 Å². The summed E-state index contributed by atoms with van der Waals surface area (Å²) in [6.07, 6.45) is -7.24. The van der Waals surface area contributed by atoms with Gasteiger partial charge < -0.3 is 34.6 Å². The number of ether oxygens (including phenoxy) is 3. The molecule has 0 saturated carbocycles. The number of rotatable bonds is 5. The average molecular weight is 459 g/mol. The summed E-state index contributed by atoms with van der Waals surface area (Å²) in [6, 6.07) is 9.74. The zero-order valence-corrected chi connectivity index (χ0v) is 17.2. The standard InChI is InChI=1S/C20H20Cl2O8/c1-28-19(27)10-4-2-9(3-5-10)11-6-12(21)18(13(22)7-11)30-20-17(26)16(25)15(24)14(8-23)29-20/h2-7,14-17,20,23-26H,8H2,1H3/t14-,15-,16+,17+,20-/m1/s1. The number of hydrogen-bond donors (Lipinski definition) is 4. The van der Waals surface area contributed by atoms with Crippen LogP contribution in [-0.2, 0) is 9.47 Å². The number of halogens is 2. The number of methoxy groups -OCH3 is 1. The van der Waals surface area contributed by atoms with Crippen molar-refractivity contribution in [2.24, 2.45) is 0 Å². The largest absolute Gasteiger partial charge is 0.465 e. The molecule has 0 amide bonds. The molecule has 30 heavy (non-hydrogen) atoms. The number of aliphatic hydroxyl groups excluding tert-OH is 4. The predicted molar refractivity (Wildman–Crippen MR) is 108 cm³/mol. The molecule has 5 atom stereocenters.